The van der Waals surface area contributed by atoms with Gasteiger partial charge in [-0.15, -0.1) is 0 Å². The number of nitrogens with one attached hydrogen (secondary N) is 2. The summed E-state index contributed by atoms with van der Waals surface area (Å²) in [7, 11) is 0. The summed E-state index contributed by atoms with van der Waals surface area (Å²) in [6.45, 7) is 2.02. The molecule has 3 aromatic rings. The highest BCUT2D eigenvalue weighted by molar-refractivity contribution is 6.31. The zero-order valence-electron chi connectivity index (χ0n) is 22.1. The van der Waals surface area contributed by atoms with Crippen molar-refractivity contribution in [2.75, 3.05) is 17.2 Å². The van der Waals surface area contributed by atoms with Crippen LogP contribution in [0.3, 0.4) is 0 Å². The van der Waals surface area contributed by atoms with Crippen LogP contribution < -0.4 is 10.6 Å². The quantitative estimate of drug-likeness (QED) is 0.292. The van der Waals surface area contributed by atoms with Gasteiger partial charge in [-0.05, 0) is 66.8 Å². The van der Waals surface area contributed by atoms with E-state index in [4.69, 9.17) is 16.7 Å². The number of hydrogen-bond acceptors (Lipinski definition) is 4. The van der Waals surface area contributed by atoms with Crippen LogP contribution in [0.25, 0.3) is 16.7 Å². The van der Waals surface area contributed by atoms with Gasteiger partial charge in [0.05, 0.1) is 28.0 Å². The van der Waals surface area contributed by atoms with Crippen LogP contribution in [-0.2, 0) is 9.59 Å². The van der Waals surface area contributed by atoms with Gasteiger partial charge in [-0.3, -0.25) is 19.9 Å². The summed E-state index contributed by atoms with van der Waals surface area (Å²) >= 11 is 5.88. The minimum absolute atomic E-state index is 0.211. The van der Waals surface area contributed by atoms with Gasteiger partial charge in [-0.1, -0.05) is 31.0 Å². The number of hydrogen-bond donors (Lipinski definition) is 3. The predicted molar refractivity (Wildman–Crippen MR) is 151 cm³/mol. The van der Waals surface area contributed by atoms with E-state index >= 15 is 0 Å². The van der Waals surface area contributed by atoms with Gasteiger partial charge in [0.1, 0.15) is 5.82 Å². The fourth-order valence-electron chi connectivity index (χ4n) is 5.35. The number of rotatable bonds is 3. The molecule has 2 bridgehead atoms. The molecule has 11 heteroatoms. The van der Waals surface area contributed by atoms with Gasteiger partial charge in [-0.2, -0.15) is 0 Å². The van der Waals surface area contributed by atoms with Crippen LogP contribution in [0.4, 0.5) is 25.0 Å². The third-order valence-electron chi connectivity index (χ3n) is 7.47. The number of anilines is 2. The number of halogens is 3. The van der Waals surface area contributed by atoms with Crippen LogP contribution >= 0.6 is 11.6 Å². The number of amides is 3. The Morgan fingerprint density at radius 2 is 1.95 bits per heavy atom. The van der Waals surface area contributed by atoms with E-state index in [0.29, 0.717) is 47.5 Å². The number of nitrogens with zero attached hydrogens (tertiary/aromatic N) is 2. The monoisotopic (exact) mass is 580 g/mol. The largest absolute Gasteiger partial charge is 0.465 e. The molecule has 0 radical (unpaired) electrons. The lowest BCUT2D eigenvalue weighted by atomic mass is 9.92. The maximum absolute atomic E-state index is 14.7. The van der Waals surface area contributed by atoms with E-state index in [1.807, 2.05) is 13.0 Å². The molecule has 1 aromatic heterocycles. The van der Waals surface area contributed by atoms with E-state index < -0.39 is 29.7 Å². The third-order valence-corrected chi connectivity index (χ3v) is 7.76. The molecular formula is C30H27ClF2N4O4. The Morgan fingerprint density at radius 1 is 1.15 bits per heavy atom. The fraction of sp³-hybridized carbons (Fsp3) is 0.267. The second kappa shape index (κ2) is 11.7. The minimum atomic E-state index is -1.23. The molecular weight excluding hydrogens is 554 g/mol. The highest BCUT2D eigenvalue weighted by atomic mass is 35.5. The Balaban J connectivity index is 1.53. The molecule has 0 spiro atoms. The van der Waals surface area contributed by atoms with Gasteiger partial charge in [0.2, 0.25) is 11.8 Å². The van der Waals surface area contributed by atoms with Crippen molar-refractivity contribution in [2.45, 2.75) is 38.6 Å². The maximum Gasteiger partial charge on any atom is 0.409 e. The molecule has 3 amide bonds. The second-order valence-corrected chi connectivity index (χ2v) is 10.6. The fourth-order valence-corrected chi connectivity index (χ4v) is 5.51. The second-order valence-electron chi connectivity index (χ2n) is 10.2. The van der Waals surface area contributed by atoms with Gasteiger partial charge < -0.3 is 15.3 Å². The zero-order valence-corrected chi connectivity index (χ0v) is 22.8. The molecule has 41 heavy (non-hydrogen) atoms. The van der Waals surface area contributed by atoms with E-state index in [9.17, 15) is 23.2 Å². The first-order valence-corrected chi connectivity index (χ1v) is 13.6. The van der Waals surface area contributed by atoms with E-state index in [1.165, 1.54) is 6.08 Å². The molecule has 0 saturated heterocycles. The number of pyridine rings is 1. The first-order valence-electron chi connectivity index (χ1n) is 13.2. The molecule has 0 aliphatic carbocycles. The number of fused-ring (bicyclic) bond motifs is 4. The van der Waals surface area contributed by atoms with Crippen molar-refractivity contribution in [1.82, 2.24) is 9.88 Å². The number of carbonyl (C=O) groups is 3. The highest BCUT2D eigenvalue weighted by Crippen LogP contribution is 2.38. The number of benzene rings is 2. The lowest BCUT2D eigenvalue weighted by Gasteiger charge is -2.34. The minimum Gasteiger partial charge on any atom is -0.465 e. The number of aromatic nitrogens is 1. The van der Waals surface area contributed by atoms with Crippen molar-refractivity contribution >= 4 is 46.5 Å². The summed E-state index contributed by atoms with van der Waals surface area (Å²) in [6.07, 6.45) is 3.53. The number of carboxylic acid groups (broad SMARTS) is 1. The molecule has 8 nitrogen and oxygen atoms in total. The molecule has 2 atom stereocenters. The SMILES string of the molecule is C[C@@H]1CCC[C@@H](N2CCC(c3c(F)ccc(Cl)c3F)=CC2=O)c2cc(ccn2)-c2ccc(NC(=O)O)cc2NC1=O. The molecule has 3 N–H and O–H groups in total. The average molecular weight is 581 g/mol. The summed E-state index contributed by atoms with van der Waals surface area (Å²) < 4.78 is 29.2. The van der Waals surface area contributed by atoms with Gasteiger partial charge in [0, 0.05) is 36.0 Å². The zero-order chi connectivity index (χ0) is 29.3. The molecule has 2 aromatic carbocycles. The Bertz CT molecular complexity index is 1580. The van der Waals surface area contributed by atoms with Crippen molar-refractivity contribution in [1.29, 1.82) is 0 Å². The predicted octanol–water partition coefficient (Wildman–Crippen LogP) is 6.89. The van der Waals surface area contributed by atoms with Gasteiger partial charge in [0.25, 0.3) is 0 Å². The Labute approximate surface area is 240 Å². The summed E-state index contributed by atoms with van der Waals surface area (Å²) in [5.74, 6) is -2.65. The molecule has 5 rings (SSSR count). The van der Waals surface area contributed by atoms with Crippen molar-refractivity contribution in [3.63, 3.8) is 0 Å². The Morgan fingerprint density at radius 3 is 2.71 bits per heavy atom. The van der Waals surface area contributed by atoms with Crippen LogP contribution in [0, 0.1) is 17.6 Å². The Hall–Kier alpha value is -4.31. The van der Waals surface area contributed by atoms with Crippen LogP contribution in [0.15, 0.2) is 54.7 Å². The van der Waals surface area contributed by atoms with Crippen molar-refractivity contribution in [2.24, 2.45) is 5.92 Å². The van der Waals surface area contributed by atoms with Crippen molar-refractivity contribution < 1.29 is 28.3 Å². The highest BCUT2D eigenvalue weighted by Gasteiger charge is 2.31. The van der Waals surface area contributed by atoms with Crippen LogP contribution in [0.1, 0.15) is 49.9 Å². The van der Waals surface area contributed by atoms with Crippen LogP contribution in [-0.4, -0.2) is 39.4 Å². The molecule has 0 unspecified atom stereocenters. The molecule has 2 aliphatic heterocycles. The summed E-state index contributed by atoms with van der Waals surface area (Å²) in [5.41, 5.74) is 2.69. The average Bonchev–Trinajstić information content (AvgIpc) is 2.93. The smallest absolute Gasteiger partial charge is 0.409 e. The van der Waals surface area contributed by atoms with E-state index in [1.54, 1.807) is 35.4 Å². The topological polar surface area (TPSA) is 112 Å². The number of carbonyl (C=O) groups excluding carboxylic acids is 2. The summed E-state index contributed by atoms with van der Waals surface area (Å²) in [6, 6.07) is 10.3. The first kappa shape index (κ1) is 28.2. The van der Waals surface area contributed by atoms with Crippen molar-refractivity contribution in [3.05, 3.63) is 82.7 Å². The molecule has 0 fully saturated rings. The summed E-state index contributed by atoms with van der Waals surface area (Å²) in [4.78, 5) is 43.9. The van der Waals surface area contributed by atoms with E-state index in [-0.39, 0.29) is 40.9 Å². The normalized spacial score (nSPS) is 19.3. The Kier molecular flexibility index (Phi) is 8.03. The van der Waals surface area contributed by atoms with E-state index in [0.717, 1.165) is 12.1 Å². The maximum atomic E-state index is 14.7. The van der Waals surface area contributed by atoms with Crippen molar-refractivity contribution in [3.8, 4) is 11.1 Å². The standard InChI is InChI=1S/C30H27ClF2N4O4/c1-16-3-2-4-25(37-12-10-18(14-26(37)38)27-22(32)8-7-21(31)28(27)33)24-13-17(9-11-34-24)20-6-5-19(35-30(40)41)15-23(20)36-29(16)39/h5-9,11,13-16,25,35H,2-4,10,12H2,1H3,(H,36,39)(H,40,41)/t16-,25-/m1/s1. The van der Waals surface area contributed by atoms with E-state index in [2.05, 4.69) is 15.6 Å². The van der Waals surface area contributed by atoms with Crippen LogP contribution in [0.5, 0.6) is 0 Å². The lowest BCUT2D eigenvalue weighted by molar-refractivity contribution is -0.129. The first-order chi connectivity index (χ1) is 19.6. The molecule has 2 aliphatic rings. The molecule has 3 heterocycles. The van der Waals surface area contributed by atoms with Gasteiger partial charge in [0.15, 0.2) is 5.82 Å². The van der Waals surface area contributed by atoms with Gasteiger partial charge >= 0.3 is 6.09 Å². The molecule has 0 saturated carbocycles. The lowest BCUT2D eigenvalue weighted by Crippen LogP contribution is -2.38. The van der Waals surface area contributed by atoms with Gasteiger partial charge in [-0.25, -0.2) is 13.6 Å². The van der Waals surface area contributed by atoms with Crippen LogP contribution in [0.2, 0.25) is 5.02 Å². The molecule has 212 valence electrons. The third kappa shape index (κ3) is 5.92. The summed E-state index contributed by atoms with van der Waals surface area (Å²) in [5, 5.41) is 14.2.